The van der Waals surface area contributed by atoms with Gasteiger partial charge in [-0.15, -0.1) is 0 Å². The molecule has 1 saturated heterocycles. The third-order valence-electron chi connectivity index (χ3n) is 5.60. The Labute approximate surface area is 200 Å². The van der Waals surface area contributed by atoms with Gasteiger partial charge in [-0.1, -0.05) is 18.2 Å². The number of amides is 3. The molecule has 0 bridgehead atoms. The fourth-order valence-corrected chi connectivity index (χ4v) is 4.83. The number of rotatable bonds is 5. The second-order valence-electron chi connectivity index (χ2n) is 7.88. The molecule has 2 aromatic carbocycles. The first-order valence-electron chi connectivity index (χ1n) is 10.6. The van der Waals surface area contributed by atoms with E-state index in [-0.39, 0.29) is 18.2 Å². The standard InChI is InChI=1S/C25H21N3O5S/c1-15-10-17(16(2)28(15)19-6-4-3-5-7-19)11-22-24(30)27(25(31)34-22)13-23(29)26-18-8-9-20-21(12-18)33-14-32-20/h3-12H,13-14H2,1-2H3,(H,26,29)/b22-11+. The highest BCUT2D eigenvalue weighted by Gasteiger charge is 2.36. The Morgan fingerprint density at radius 3 is 2.62 bits per heavy atom. The van der Waals surface area contributed by atoms with E-state index in [9.17, 15) is 14.4 Å². The Bertz CT molecular complexity index is 1350. The monoisotopic (exact) mass is 475 g/mol. The van der Waals surface area contributed by atoms with E-state index >= 15 is 0 Å². The maximum Gasteiger partial charge on any atom is 0.294 e. The molecule has 0 unspecified atom stereocenters. The molecule has 3 aromatic rings. The van der Waals surface area contributed by atoms with Crippen molar-refractivity contribution < 1.29 is 23.9 Å². The molecule has 3 heterocycles. The summed E-state index contributed by atoms with van der Waals surface area (Å²) >= 11 is 0.834. The van der Waals surface area contributed by atoms with Crippen LogP contribution in [0.3, 0.4) is 0 Å². The van der Waals surface area contributed by atoms with E-state index in [4.69, 9.17) is 9.47 Å². The number of thioether (sulfide) groups is 1. The van der Waals surface area contributed by atoms with Crippen molar-refractivity contribution in [3.05, 3.63) is 76.5 Å². The van der Waals surface area contributed by atoms with Gasteiger partial charge in [-0.2, -0.15) is 0 Å². The molecule has 0 saturated carbocycles. The highest BCUT2D eigenvalue weighted by Crippen LogP contribution is 2.35. The highest BCUT2D eigenvalue weighted by atomic mass is 32.2. The summed E-state index contributed by atoms with van der Waals surface area (Å²) < 4.78 is 12.6. The molecule has 9 heteroatoms. The Morgan fingerprint density at radius 2 is 1.82 bits per heavy atom. The van der Waals surface area contributed by atoms with Crippen molar-refractivity contribution >= 4 is 40.6 Å². The van der Waals surface area contributed by atoms with Gasteiger partial charge in [0.2, 0.25) is 12.7 Å². The topological polar surface area (TPSA) is 89.9 Å². The summed E-state index contributed by atoms with van der Waals surface area (Å²) in [6.07, 6.45) is 1.71. The van der Waals surface area contributed by atoms with Crippen molar-refractivity contribution in [2.75, 3.05) is 18.7 Å². The van der Waals surface area contributed by atoms with Gasteiger partial charge in [0.15, 0.2) is 11.5 Å². The lowest BCUT2D eigenvalue weighted by atomic mass is 10.2. The summed E-state index contributed by atoms with van der Waals surface area (Å²) in [5.41, 5.74) is 4.32. The van der Waals surface area contributed by atoms with Crippen molar-refractivity contribution in [2.45, 2.75) is 13.8 Å². The van der Waals surface area contributed by atoms with Gasteiger partial charge in [0.25, 0.3) is 11.1 Å². The SMILES string of the molecule is Cc1cc(/C=C2/SC(=O)N(CC(=O)Nc3ccc4c(c3)OCO4)C2=O)c(C)n1-c1ccccc1. The Kier molecular flexibility index (Phi) is 5.62. The molecule has 2 aliphatic rings. The minimum absolute atomic E-state index is 0.129. The van der Waals surface area contributed by atoms with Crippen LogP contribution in [0.15, 0.2) is 59.5 Å². The molecule has 1 N–H and O–H groups in total. The first-order chi connectivity index (χ1) is 16.4. The van der Waals surface area contributed by atoms with Crippen LogP contribution in [0.4, 0.5) is 10.5 Å². The minimum atomic E-state index is -0.486. The van der Waals surface area contributed by atoms with E-state index < -0.39 is 17.1 Å². The number of carbonyl (C=O) groups is 3. The highest BCUT2D eigenvalue weighted by molar-refractivity contribution is 8.18. The number of benzene rings is 2. The molecule has 0 spiro atoms. The van der Waals surface area contributed by atoms with E-state index in [1.54, 1.807) is 24.3 Å². The number of hydrogen-bond acceptors (Lipinski definition) is 6. The maximum atomic E-state index is 12.9. The van der Waals surface area contributed by atoms with E-state index in [0.29, 0.717) is 17.2 Å². The van der Waals surface area contributed by atoms with Crippen molar-refractivity contribution in [3.8, 4) is 17.2 Å². The van der Waals surface area contributed by atoms with Crippen LogP contribution in [0.1, 0.15) is 17.0 Å². The molecule has 34 heavy (non-hydrogen) atoms. The minimum Gasteiger partial charge on any atom is -0.454 e. The Hall–Kier alpha value is -3.98. The van der Waals surface area contributed by atoms with Gasteiger partial charge in [0, 0.05) is 28.8 Å². The van der Waals surface area contributed by atoms with Gasteiger partial charge in [-0.3, -0.25) is 19.3 Å². The molecule has 0 atom stereocenters. The van der Waals surface area contributed by atoms with Gasteiger partial charge in [0.1, 0.15) is 6.54 Å². The lowest BCUT2D eigenvalue weighted by molar-refractivity contribution is -0.127. The van der Waals surface area contributed by atoms with Gasteiger partial charge in [0.05, 0.1) is 4.91 Å². The Morgan fingerprint density at radius 1 is 1.06 bits per heavy atom. The molecular weight excluding hydrogens is 454 g/mol. The second-order valence-corrected chi connectivity index (χ2v) is 8.87. The molecule has 2 aliphatic heterocycles. The quantitative estimate of drug-likeness (QED) is 0.547. The number of nitrogens with zero attached hydrogens (tertiary/aromatic N) is 2. The summed E-state index contributed by atoms with van der Waals surface area (Å²) in [6, 6.07) is 16.9. The van der Waals surface area contributed by atoms with Gasteiger partial charge >= 0.3 is 0 Å². The normalized spacial score (nSPS) is 15.9. The molecule has 3 amide bonds. The molecule has 1 aromatic heterocycles. The molecule has 0 radical (unpaired) electrons. The van der Waals surface area contributed by atoms with Crippen LogP contribution in [0.2, 0.25) is 0 Å². The lowest BCUT2D eigenvalue weighted by Crippen LogP contribution is -2.36. The van der Waals surface area contributed by atoms with Gasteiger partial charge in [-0.05, 0) is 67.6 Å². The van der Waals surface area contributed by atoms with E-state index in [0.717, 1.165) is 39.3 Å². The molecule has 1 fully saturated rings. The van der Waals surface area contributed by atoms with Gasteiger partial charge in [-0.25, -0.2) is 0 Å². The molecule has 5 rings (SSSR count). The second kappa shape index (κ2) is 8.75. The number of hydrogen-bond donors (Lipinski definition) is 1. The zero-order chi connectivity index (χ0) is 23.8. The lowest BCUT2D eigenvalue weighted by Gasteiger charge is -2.12. The zero-order valence-electron chi connectivity index (χ0n) is 18.5. The number of aryl methyl sites for hydroxylation is 1. The van der Waals surface area contributed by atoms with Crippen molar-refractivity contribution in [1.29, 1.82) is 0 Å². The summed E-state index contributed by atoms with van der Waals surface area (Å²) in [4.78, 5) is 39.2. The number of ether oxygens (including phenoxy) is 2. The van der Waals surface area contributed by atoms with Crippen LogP contribution in [-0.4, -0.2) is 39.9 Å². The molecule has 172 valence electrons. The summed E-state index contributed by atoms with van der Waals surface area (Å²) in [7, 11) is 0. The molecular formula is C25H21N3O5S. The third-order valence-corrected chi connectivity index (χ3v) is 6.51. The number of aromatic nitrogens is 1. The van der Waals surface area contributed by atoms with Crippen LogP contribution in [-0.2, 0) is 9.59 Å². The largest absolute Gasteiger partial charge is 0.454 e. The van der Waals surface area contributed by atoms with Crippen LogP contribution in [0, 0.1) is 13.8 Å². The summed E-state index contributed by atoms with van der Waals surface area (Å²) in [6.45, 7) is 3.71. The predicted molar refractivity (Wildman–Crippen MR) is 129 cm³/mol. The number of para-hydroxylation sites is 1. The van der Waals surface area contributed by atoms with Crippen LogP contribution in [0.25, 0.3) is 11.8 Å². The summed E-state index contributed by atoms with van der Waals surface area (Å²) in [5, 5.41) is 2.21. The number of anilines is 1. The van der Waals surface area contributed by atoms with E-state index in [2.05, 4.69) is 9.88 Å². The predicted octanol–water partition coefficient (Wildman–Crippen LogP) is 4.50. The fourth-order valence-electron chi connectivity index (χ4n) is 4.00. The number of carbonyl (C=O) groups excluding carboxylic acids is 3. The number of imide groups is 1. The fraction of sp³-hybridized carbons (Fsp3) is 0.160. The van der Waals surface area contributed by atoms with Gasteiger partial charge < -0.3 is 19.4 Å². The van der Waals surface area contributed by atoms with E-state index in [1.807, 2.05) is 50.2 Å². The molecule has 0 aliphatic carbocycles. The smallest absolute Gasteiger partial charge is 0.294 e. The Balaban J connectivity index is 1.31. The first kappa shape index (κ1) is 21.8. The van der Waals surface area contributed by atoms with Crippen molar-refractivity contribution in [2.24, 2.45) is 0 Å². The zero-order valence-corrected chi connectivity index (χ0v) is 19.3. The van der Waals surface area contributed by atoms with Crippen LogP contribution in [0.5, 0.6) is 11.5 Å². The van der Waals surface area contributed by atoms with Crippen molar-refractivity contribution in [1.82, 2.24) is 9.47 Å². The van der Waals surface area contributed by atoms with Crippen molar-refractivity contribution in [3.63, 3.8) is 0 Å². The third kappa shape index (κ3) is 4.06. The van der Waals surface area contributed by atoms with Crippen LogP contribution >= 0.6 is 11.8 Å². The van der Waals surface area contributed by atoms with Crippen LogP contribution < -0.4 is 14.8 Å². The number of nitrogens with one attached hydrogen (secondary N) is 1. The first-order valence-corrected chi connectivity index (χ1v) is 11.4. The summed E-state index contributed by atoms with van der Waals surface area (Å²) in [5.74, 6) is 0.158. The van der Waals surface area contributed by atoms with E-state index in [1.165, 1.54) is 0 Å². The average Bonchev–Trinajstić information content (AvgIpc) is 3.47. The number of fused-ring (bicyclic) bond motifs is 1. The maximum absolute atomic E-state index is 12.9. The average molecular weight is 476 g/mol. The molecule has 8 nitrogen and oxygen atoms in total.